The first-order valence-corrected chi connectivity index (χ1v) is 6.95. The van der Waals surface area contributed by atoms with Crippen LogP contribution in [-0.4, -0.2) is 7.05 Å². The van der Waals surface area contributed by atoms with Gasteiger partial charge in [-0.25, -0.2) is 4.39 Å². The molecule has 0 spiro atoms. The number of hydrogen-bond donors (Lipinski definition) is 0. The van der Waals surface area contributed by atoms with E-state index >= 15 is 0 Å². The van der Waals surface area contributed by atoms with Crippen molar-refractivity contribution in [1.82, 2.24) is 0 Å². The summed E-state index contributed by atoms with van der Waals surface area (Å²) in [5, 5.41) is 1.41. The van der Waals surface area contributed by atoms with Crippen LogP contribution >= 0.6 is 27.5 Å². The summed E-state index contributed by atoms with van der Waals surface area (Å²) in [4.78, 5) is 1.86. The SMILES string of the molecule is CN(c1cccc(F)c1)c1ccc(CBr)cc1Cl. The number of hydrogen-bond acceptors (Lipinski definition) is 1. The third kappa shape index (κ3) is 2.85. The predicted octanol–water partition coefficient (Wildman–Crippen LogP) is 5.14. The second-order valence-electron chi connectivity index (χ2n) is 3.96. The Bertz CT molecular complexity index is 559. The molecule has 94 valence electrons. The van der Waals surface area contributed by atoms with Crippen LogP contribution in [0.1, 0.15) is 5.56 Å². The maximum Gasteiger partial charge on any atom is 0.125 e. The smallest absolute Gasteiger partial charge is 0.125 e. The summed E-state index contributed by atoms with van der Waals surface area (Å²) in [6.45, 7) is 0. The average Bonchev–Trinajstić information content (AvgIpc) is 2.37. The molecule has 0 atom stereocenters. The van der Waals surface area contributed by atoms with Gasteiger partial charge in [-0.3, -0.25) is 0 Å². The molecule has 0 fully saturated rings. The van der Waals surface area contributed by atoms with Crippen molar-refractivity contribution in [2.75, 3.05) is 11.9 Å². The Morgan fingerprint density at radius 3 is 2.61 bits per heavy atom. The molecular formula is C14H12BrClFN. The Hall–Kier alpha value is -1.06. The van der Waals surface area contributed by atoms with Gasteiger partial charge in [-0.05, 0) is 35.9 Å². The van der Waals surface area contributed by atoms with E-state index in [9.17, 15) is 4.39 Å². The highest BCUT2D eigenvalue weighted by Crippen LogP contribution is 2.31. The summed E-state index contributed by atoms with van der Waals surface area (Å²) in [6.07, 6.45) is 0. The van der Waals surface area contributed by atoms with Crippen LogP contribution < -0.4 is 4.90 Å². The van der Waals surface area contributed by atoms with E-state index in [4.69, 9.17) is 11.6 Å². The molecule has 2 rings (SSSR count). The lowest BCUT2D eigenvalue weighted by Crippen LogP contribution is -2.10. The second kappa shape index (κ2) is 5.72. The number of anilines is 2. The molecule has 0 bridgehead atoms. The molecule has 2 aromatic rings. The number of alkyl halides is 1. The van der Waals surface area contributed by atoms with Crippen molar-refractivity contribution in [2.24, 2.45) is 0 Å². The molecule has 0 saturated carbocycles. The van der Waals surface area contributed by atoms with Crippen LogP contribution in [0, 0.1) is 5.82 Å². The van der Waals surface area contributed by atoms with Crippen molar-refractivity contribution >= 4 is 38.9 Å². The maximum atomic E-state index is 13.2. The maximum absolute atomic E-state index is 13.2. The number of nitrogens with zero attached hydrogens (tertiary/aromatic N) is 1. The fourth-order valence-corrected chi connectivity index (χ4v) is 2.41. The summed E-state index contributed by atoms with van der Waals surface area (Å²) >= 11 is 9.62. The first kappa shape index (κ1) is 13.4. The van der Waals surface area contributed by atoms with E-state index < -0.39 is 0 Å². The summed E-state index contributed by atoms with van der Waals surface area (Å²) in [5.74, 6) is -0.257. The highest BCUT2D eigenvalue weighted by molar-refractivity contribution is 9.08. The highest BCUT2D eigenvalue weighted by Gasteiger charge is 2.09. The number of halogens is 3. The lowest BCUT2D eigenvalue weighted by Gasteiger charge is -2.21. The van der Waals surface area contributed by atoms with E-state index in [2.05, 4.69) is 15.9 Å². The third-order valence-electron chi connectivity index (χ3n) is 2.72. The zero-order valence-corrected chi connectivity index (χ0v) is 12.2. The molecule has 0 aliphatic heterocycles. The van der Waals surface area contributed by atoms with E-state index in [0.717, 1.165) is 22.3 Å². The molecule has 0 aliphatic rings. The van der Waals surface area contributed by atoms with Gasteiger partial charge in [0.05, 0.1) is 10.7 Å². The molecule has 0 unspecified atom stereocenters. The van der Waals surface area contributed by atoms with Crippen LogP contribution in [0.3, 0.4) is 0 Å². The van der Waals surface area contributed by atoms with Gasteiger partial charge in [-0.1, -0.05) is 39.7 Å². The standard InChI is InChI=1S/C14H12BrClFN/c1-18(12-4-2-3-11(17)8-12)14-6-5-10(9-15)7-13(14)16/h2-8H,9H2,1H3. The normalized spacial score (nSPS) is 10.4. The predicted molar refractivity (Wildman–Crippen MR) is 78.5 cm³/mol. The molecule has 0 radical (unpaired) electrons. The monoisotopic (exact) mass is 327 g/mol. The minimum Gasteiger partial charge on any atom is -0.343 e. The lowest BCUT2D eigenvalue weighted by atomic mass is 10.2. The fraction of sp³-hybridized carbons (Fsp3) is 0.143. The molecule has 0 aromatic heterocycles. The van der Waals surface area contributed by atoms with Crippen molar-refractivity contribution in [3.05, 3.63) is 58.9 Å². The fourth-order valence-electron chi connectivity index (χ4n) is 1.73. The Labute approximate surface area is 119 Å². The van der Waals surface area contributed by atoms with E-state index in [1.54, 1.807) is 6.07 Å². The second-order valence-corrected chi connectivity index (χ2v) is 4.93. The molecule has 2 aromatic carbocycles. The number of rotatable bonds is 3. The molecule has 18 heavy (non-hydrogen) atoms. The quantitative estimate of drug-likeness (QED) is 0.705. The molecule has 0 saturated heterocycles. The van der Waals surface area contributed by atoms with Gasteiger partial charge in [-0.2, -0.15) is 0 Å². The molecule has 0 N–H and O–H groups in total. The molecular weight excluding hydrogens is 317 g/mol. The topological polar surface area (TPSA) is 3.24 Å². The van der Waals surface area contributed by atoms with Gasteiger partial charge in [0.25, 0.3) is 0 Å². The Morgan fingerprint density at radius 2 is 2.00 bits per heavy atom. The van der Waals surface area contributed by atoms with Crippen LogP contribution in [0.4, 0.5) is 15.8 Å². The molecule has 1 nitrogen and oxygen atoms in total. The van der Waals surface area contributed by atoms with Crippen LogP contribution in [0.2, 0.25) is 5.02 Å². The van der Waals surface area contributed by atoms with Gasteiger partial charge < -0.3 is 4.90 Å². The summed E-state index contributed by atoms with van der Waals surface area (Å²) in [6, 6.07) is 12.3. The van der Waals surface area contributed by atoms with Gasteiger partial charge in [0.15, 0.2) is 0 Å². The zero-order chi connectivity index (χ0) is 13.1. The van der Waals surface area contributed by atoms with Gasteiger partial charge in [0, 0.05) is 18.1 Å². The molecule has 0 amide bonds. The molecule has 4 heteroatoms. The third-order valence-corrected chi connectivity index (χ3v) is 3.67. The lowest BCUT2D eigenvalue weighted by molar-refractivity contribution is 0.628. The van der Waals surface area contributed by atoms with Gasteiger partial charge >= 0.3 is 0 Å². The van der Waals surface area contributed by atoms with Gasteiger partial charge in [0.1, 0.15) is 5.82 Å². The van der Waals surface area contributed by atoms with Crippen LogP contribution in [0.15, 0.2) is 42.5 Å². The van der Waals surface area contributed by atoms with Crippen molar-refractivity contribution < 1.29 is 4.39 Å². The van der Waals surface area contributed by atoms with E-state index in [-0.39, 0.29) is 5.82 Å². The van der Waals surface area contributed by atoms with Crippen molar-refractivity contribution in [3.8, 4) is 0 Å². The van der Waals surface area contributed by atoms with Crippen molar-refractivity contribution in [3.63, 3.8) is 0 Å². The minimum atomic E-state index is -0.257. The van der Waals surface area contributed by atoms with E-state index in [1.165, 1.54) is 12.1 Å². The summed E-state index contributed by atoms with van der Waals surface area (Å²) in [7, 11) is 1.86. The van der Waals surface area contributed by atoms with Gasteiger partial charge in [0.2, 0.25) is 0 Å². The Morgan fingerprint density at radius 1 is 1.22 bits per heavy atom. The van der Waals surface area contributed by atoms with Crippen molar-refractivity contribution in [2.45, 2.75) is 5.33 Å². The summed E-state index contributed by atoms with van der Waals surface area (Å²) in [5.41, 5.74) is 2.73. The first-order valence-electron chi connectivity index (χ1n) is 5.45. The largest absolute Gasteiger partial charge is 0.343 e. The zero-order valence-electron chi connectivity index (χ0n) is 9.83. The van der Waals surface area contributed by atoms with Crippen LogP contribution in [-0.2, 0) is 5.33 Å². The van der Waals surface area contributed by atoms with Crippen LogP contribution in [0.5, 0.6) is 0 Å². The van der Waals surface area contributed by atoms with Crippen molar-refractivity contribution in [1.29, 1.82) is 0 Å². The Kier molecular flexibility index (Phi) is 4.25. The van der Waals surface area contributed by atoms with E-state index in [0.29, 0.717) is 5.02 Å². The molecule has 0 aliphatic carbocycles. The molecule has 0 heterocycles. The first-order chi connectivity index (χ1) is 8.61. The number of benzene rings is 2. The van der Waals surface area contributed by atoms with Crippen LogP contribution in [0.25, 0.3) is 0 Å². The Balaban J connectivity index is 2.37. The van der Waals surface area contributed by atoms with Gasteiger partial charge in [-0.15, -0.1) is 0 Å². The summed E-state index contributed by atoms with van der Waals surface area (Å²) < 4.78 is 13.2. The average molecular weight is 329 g/mol. The minimum absolute atomic E-state index is 0.257. The van der Waals surface area contributed by atoms with E-state index in [1.807, 2.05) is 36.2 Å². The highest BCUT2D eigenvalue weighted by atomic mass is 79.9.